The molecule has 0 aliphatic rings. The van der Waals surface area contributed by atoms with E-state index in [1.165, 1.54) is 20.1 Å². The number of rotatable bonds is 5. The Morgan fingerprint density at radius 3 is 2.55 bits per heavy atom. The predicted molar refractivity (Wildman–Crippen MR) is 61.3 cm³/mol. The molecule has 1 rings (SSSR count). The first-order valence-corrected chi connectivity index (χ1v) is 5.53. The van der Waals surface area contributed by atoms with E-state index >= 15 is 0 Å². The van der Waals surface area contributed by atoms with Gasteiger partial charge in [-0.25, -0.2) is 4.79 Å². The van der Waals surface area contributed by atoms with Crippen molar-refractivity contribution in [1.29, 1.82) is 0 Å². The fraction of sp³-hybridized carbons (Fsp3) is 0.455. The predicted octanol–water partition coefficient (Wildman–Crippen LogP) is 1.62. The second kappa shape index (κ2) is 6.42. The zero-order valence-corrected chi connectivity index (χ0v) is 10.8. The van der Waals surface area contributed by atoms with Crippen LogP contribution in [0.2, 0.25) is 0 Å². The monoisotopic (exact) mass is 294 g/mol. The maximum atomic E-state index is 12.4. The number of nitrogens with two attached hydrogens (primary N) is 1. The molecular formula is C11H13F3N2O4. The van der Waals surface area contributed by atoms with Gasteiger partial charge in [0, 0.05) is 12.6 Å². The second-order valence-corrected chi connectivity index (χ2v) is 3.48. The topological polar surface area (TPSA) is 83.7 Å². The number of carbonyl (C=O) groups is 1. The normalized spacial score (nSPS) is 11.1. The molecule has 0 spiro atoms. The van der Waals surface area contributed by atoms with Crippen LogP contribution in [0.4, 0.5) is 13.2 Å². The van der Waals surface area contributed by atoms with Crippen LogP contribution in [0.25, 0.3) is 0 Å². The van der Waals surface area contributed by atoms with E-state index < -0.39 is 23.8 Å². The molecule has 0 aliphatic carbocycles. The van der Waals surface area contributed by atoms with Crippen LogP contribution in [0.15, 0.2) is 6.07 Å². The summed E-state index contributed by atoms with van der Waals surface area (Å²) in [6, 6.07) is 1.25. The molecule has 6 nitrogen and oxygen atoms in total. The molecule has 0 atom stereocenters. The molecule has 20 heavy (non-hydrogen) atoms. The highest BCUT2D eigenvalue weighted by Crippen LogP contribution is 2.30. The number of pyridine rings is 1. The second-order valence-electron chi connectivity index (χ2n) is 3.48. The van der Waals surface area contributed by atoms with Crippen molar-refractivity contribution in [2.75, 3.05) is 13.7 Å². The molecule has 0 aliphatic heterocycles. The van der Waals surface area contributed by atoms with Crippen LogP contribution in [-0.2, 0) is 11.3 Å². The number of ether oxygens (including phenoxy) is 3. The molecule has 0 saturated carbocycles. The van der Waals surface area contributed by atoms with Crippen LogP contribution < -0.4 is 15.2 Å². The van der Waals surface area contributed by atoms with E-state index in [1.54, 1.807) is 0 Å². The van der Waals surface area contributed by atoms with E-state index in [0.717, 1.165) is 0 Å². The first-order chi connectivity index (χ1) is 9.32. The molecule has 0 fully saturated rings. The molecule has 1 heterocycles. The van der Waals surface area contributed by atoms with Crippen molar-refractivity contribution in [1.82, 2.24) is 4.98 Å². The molecule has 2 N–H and O–H groups in total. The lowest BCUT2D eigenvalue weighted by molar-refractivity contribution is -0.276. The molecular weight excluding hydrogens is 281 g/mol. The van der Waals surface area contributed by atoms with Crippen molar-refractivity contribution in [2.24, 2.45) is 5.73 Å². The van der Waals surface area contributed by atoms with Crippen molar-refractivity contribution in [3.63, 3.8) is 0 Å². The Labute approximate surface area is 112 Å². The zero-order valence-electron chi connectivity index (χ0n) is 10.8. The third kappa shape index (κ3) is 3.98. The lowest BCUT2D eigenvalue weighted by Gasteiger charge is -2.15. The zero-order chi connectivity index (χ0) is 15.3. The summed E-state index contributed by atoms with van der Waals surface area (Å²) in [4.78, 5) is 15.2. The lowest BCUT2D eigenvalue weighted by Crippen LogP contribution is -2.22. The molecule has 0 radical (unpaired) electrons. The van der Waals surface area contributed by atoms with Crippen LogP contribution in [-0.4, -0.2) is 31.0 Å². The van der Waals surface area contributed by atoms with Crippen LogP contribution in [0.5, 0.6) is 11.8 Å². The highest BCUT2D eigenvalue weighted by atomic mass is 19.4. The lowest BCUT2D eigenvalue weighted by atomic mass is 10.1. The van der Waals surface area contributed by atoms with Gasteiger partial charge in [0.15, 0.2) is 0 Å². The first kappa shape index (κ1) is 16.0. The van der Waals surface area contributed by atoms with Gasteiger partial charge < -0.3 is 19.9 Å². The van der Waals surface area contributed by atoms with Crippen molar-refractivity contribution >= 4 is 5.97 Å². The Morgan fingerprint density at radius 1 is 1.45 bits per heavy atom. The van der Waals surface area contributed by atoms with Crippen molar-refractivity contribution in [3.8, 4) is 11.8 Å². The van der Waals surface area contributed by atoms with E-state index in [4.69, 9.17) is 10.5 Å². The van der Waals surface area contributed by atoms with Crippen molar-refractivity contribution < 1.29 is 32.2 Å². The summed E-state index contributed by atoms with van der Waals surface area (Å²) in [7, 11) is 1.21. The molecule has 0 aromatic carbocycles. The smallest absolute Gasteiger partial charge is 0.481 e. The molecule has 112 valence electrons. The van der Waals surface area contributed by atoms with Gasteiger partial charge in [0.2, 0.25) is 11.8 Å². The number of aromatic nitrogens is 1. The average Bonchev–Trinajstić information content (AvgIpc) is 2.35. The fourth-order valence-corrected chi connectivity index (χ4v) is 1.42. The third-order valence-corrected chi connectivity index (χ3v) is 2.17. The van der Waals surface area contributed by atoms with Gasteiger partial charge in [-0.1, -0.05) is 0 Å². The number of hydrogen-bond acceptors (Lipinski definition) is 6. The summed E-state index contributed by atoms with van der Waals surface area (Å²) in [5.74, 6) is -2.10. The van der Waals surface area contributed by atoms with Gasteiger partial charge in [0.25, 0.3) is 0 Å². The number of carbonyl (C=O) groups excluding carboxylic acids is 1. The highest BCUT2D eigenvalue weighted by Gasteiger charge is 2.35. The van der Waals surface area contributed by atoms with Crippen LogP contribution in [0.1, 0.15) is 22.8 Å². The molecule has 9 heteroatoms. The minimum atomic E-state index is -5.01. The van der Waals surface area contributed by atoms with Gasteiger partial charge in [-0.2, -0.15) is 4.98 Å². The number of nitrogens with zero attached hydrogens (tertiary/aromatic N) is 1. The van der Waals surface area contributed by atoms with E-state index in [2.05, 4.69) is 14.5 Å². The quantitative estimate of drug-likeness (QED) is 0.831. The van der Waals surface area contributed by atoms with E-state index in [-0.39, 0.29) is 24.6 Å². The Morgan fingerprint density at radius 2 is 2.10 bits per heavy atom. The van der Waals surface area contributed by atoms with Gasteiger partial charge in [0.05, 0.1) is 13.7 Å². The Hall–Kier alpha value is -2.03. The summed E-state index contributed by atoms with van der Waals surface area (Å²) in [5.41, 5.74) is 5.03. The minimum Gasteiger partial charge on any atom is -0.481 e. The third-order valence-electron chi connectivity index (χ3n) is 2.17. The fourth-order valence-electron chi connectivity index (χ4n) is 1.42. The standard InChI is InChI=1S/C11H13F3N2O4/c1-3-19-10(17)8-6(5-15)4-7(18-2)16-9(8)20-11(12,13)14/h4H,3,5,15H2,1-2H3. The number of esters is 1. The average molecular weight is 294 g/mol. The molecule has 0 amide bonds. The van der Waals surface area contributed by atoms with E-state index in [9.17, 15) is 18.0 Å². The van der Waals surface area contributed by atoms with Gasteiger partial charge in [0.1, 0.15) is 5.56 Å². The van der Waals surface area contributed by atoms with Crippen LogP contribution in [0.3, 0.4) is 0 Å². The van der Waals surface area contributed by atoms with Gasteiger partial charge in [-0.05, 0) is 12.5 Å². The number of methoxy groups -OCH3 is 1. The Kier molecular flexibility index (Phi) is 5.14. The van der Waals surface area contributed by atoms with Crippen molar-refractivity contribution in [3.05, 3.63) is 17.2 Å². The number of hydrogen-bond donors (Lipinski definition) is 1. The van der Waals surface area contributed by atoms with E-state index in [1.807, 2.05) is 0 Å². The van der Waals surface area contributed by atoms with Crippen molar-refractivity contribution in [2.45, 2.75) is 19.8 Å². The van der Waals surface area contributed by atoms with E-state index in [0.29, 0.717) is 0 Å². The SMILES string of the molecule is CCOC(=O)c1c(CN)cc(OC)nc1OC(F)(F)F. The summed E-state index contributed by atoms with van der Waals surface area (Å²) in [6.07, 6.45) is -5.01. The molecule has 1 aromatic rings. The van der Waals surface area contributed by atoms with Gasteiger partial charge in [-0.15, -0.1) is 13.2 Å². The molecule has 0 unspecified atom stereocenters. The summed E-state index contributed by atoms with van der Waals surface area (Å²) >= 11 is 0. The maximum absolute atomic E-state index is 12.4. The largest absolute Gasteiger partial charge is 0.574 e. The minimum absolute atomic E-state index is 0.0136. The number of alkyl halides is 3. The Bertz CT molecular complexity index is 491. The molecule has 0 saturated heterocycles. The van der Waals surface area contributed by atoms with Crippen LogP contribution >= 0.6 is 0 Å². The maximum Gasteiger partial charge on any atom is 0.574 e. The number of halogens is 3. The van der Waals surface area contributed by atoms with Gasteiger partial charge >= 0.3 is 12.3 Å². The first-order valence-electron chi connectivity index (χ1n) is 5.53. The molecule has 1 aromatic heterocycles. The highest BCUT2D eigenvalue weighted by molar-refractivity contribution is 5.93. The summed E-state index contributed by atoms with van der Waals surface area (Å²) < 4.78 is 50.2. The molecule has 0 bridgehead atoms. The summed E-state index contributed by atoms with van der Waals surface area (Å²) in [5, 5.41) is 0. The van der Waals surface area contributed by atoms with Crippen LogP contribution in [0, 0.1) is 0 Å². The Balaban J connectivity index is 3.38. The van der Waals surface area contributed by atoms with Gasteiger partial charge in [-0.3, -0.25) is 0 Å². The summed E-state index contributed by atoms with van der Waals surface area (Å²) in [6.45, 7) is 1.29.